The molecule has 3 aromatic rings. The number of aromatic nitrogens is 3. The fraction of sp³-hybridized carbons (Fsp3) is 0.286. The van der Waals surface area contributed by atoms with E-state index in [9.17, 15) is 4.79 Å². The van der Waals surface area contributed by atoms with Crippen molar-refractivity contribution in [3.05, 3.63) is 76.1 Å². The van der Waals surface area contributed by atoms with Crippen LogP contribution in [0, 0.1) is 0 Å². The highest BCUT2D eigenvalue weighted by atomic mass is 35.5. The normalized spacial score (nSPS) is 13.7. The maximum Gasteiger partial charge on any atom is 0.276 e. The lowest BCUT2D eigenvalue weighted by Crippen LogP contribution is -2.36. The Labute approximate surface area is 163 Å². The van der Waals surface area contributed by atoms with Crippen LogP contribution in [0.1, 0.15) is 47.1 Å². The van der Waals surface area contributed by atoms with Crippen LogP contribution < -0.4 is 0 Å². The van der Waals surface area contributed by atoms with Crippen LogP contribution >= 0.6 is 11.6 Å². The Balaban J connectivity index is 1.68. The van der Waals surface area contributed by atoms with Crippen molar-refractivity contribution >= 4 is 17.5 Å². The van der Waals surface area contributed by atoms with E-state index in [0.29, 0.717) is 23.8 Å². The van der Waals surface area contributed by atoms with Gasteiger partial charge in [0.1, 0.15) is 0 Å². The zero-order chi connectivity index (χ0) is 19.0. The van der Waals surface area contributed by atoms with E-state index in [1.807, 2.05) is 55.1 Å². The third-order valence-electron chi connectivity index (χ3n) is 4.94. The molecule has 2 heterocycles. The molecule has 0 radical (unpaired) electrons. The van der Waals surface area contributed by atoms with E-state index < -0.39 is 0 Å². The van der Waals surface area contributed by atoms with Crippen molar-refractivity contribution in [2.75, 3.05) is 6.54 Å². The van der Waals surface area contributed by atoms with Gasteiger partial charge in [-0.3, -0.25) is 4.79 Å². The number of carbonyl (C=O) groups is 1. The number of halogens is 1. The van der Waals surface area contributed by atoms with Gasteiger partial charge in [0.05, 0.1) is 11.4 Å². The van der Waals surface area contributed by atoms with Crippen LogP contribution in [0.4, 0.5) is 0 Å². The molecule has 0 unspecified atom stereocenters. The van der Waals surface area contributed by atoms with Gasteiger partial charge in [0, 0.05) is 18.1 Å². The first kappa shape index (κ1) is 17.7. The van der Waals surface area contributed by atoms with Crippen molar-refractivity contribution in [1.29, 1.82) is 0 Å². The van der Waals surface area contributed by atoms with E-state index in [1.54, 1.807) is 4.68 Å². The fourth-order valence-electron chi connectivity index (χ4n) is 3.55. The first-order valence-corrected chi connectivity index (χ1v) is 9.50. The van der Waals surface area contributed by atoms with Crippen molar-refractivity contribution in [1.82, 2.24) is 19.9 Å². The molecule has 0 fully saturated rings. The van der Waals surface area contributed by atoms with Gasteiger partial charge in [-0.2, -0.15) is 0 Å². The van der Waals surface area contributed by atoms with Crippen molar-refractivity contribution in [3.63, 3.8) is 0 Å². The fourth-order valence-corrected chi connectivity index (χ4v) is 3.68. The Kier molecular flexibility index (Phi) is 4.70. The van der Waals surface area contributed by atoms with Crippen molar-refractivity contribution in [3.8, 4) is 5.69 Å². The number of nitrogens with zero attached hydrogens (tertiary/aromatic N) is 4. The van der Waals surface area contributed by atoms with E-state index in [4.69, 9.17) is 11.6 Å². The summed E-state index contributed by atoms with van der Waals surface area (Å²) in [4.78, 5) is 15.1. The number of hydrogen-bond acceptors (Lipinski definition) is 3. The van der Waals surface area contributed by atoms with Crippen molar-refractivity contribution < 1.29 is 4.79 Å². The third-order valence-corrected chi connectivity index (χ3v) is 5.20. The monoisotopic (exact) mass is 380 g/mol. The summed E-state index contributed by atoms with van der Waals surface area (Å²) in [6, 6.07) is 15.7. The number of benzene rings is 2. The molecule has 0 spiro atoms. The van der Waals surface area contributed by atoms with Crippen LogP contribution in [0.15, 0.2) is 48.5 Å². The van der Waals surface area contributed by atoms with Crippen molar-refractivity contribution in [2.24, 2.45) is 0 Å². The SMILES string of the molecule is CC(C)c1c(C(=O)N2CCc3ccccc3C2)nnn1-c1ccc(Cl)cc1. The molecule has 2 aromatic carbocycles. The van der Waals surface area contributed by atoms with E-state index in [-0.39, 0.29) is 11.8 Å². The quantitative estimate of drug-likeness (QED) is 0.682. The van der Waals surface area contributed by atoms with Gasteiger partial charge in [-0.25, -0.2) is 4.68 Å². The van der Waals surface area contributed by atoms with Crippen molar-refractivity contribution in [2.45, 2.75) is 32.7 Å². The molecule has 0 saturated carbocycles. The molecule has 27 heavy (non-hydrogen) atoms. The summed E-state index contributed by atoms with van der Waals surface area (Å²) in [5.74, 6) is 0.0418. The molecule has 1 amide bonds. The minimum atomic E-state index is -0.0617. The van der Waals surface area contributed by atoms with Gasteiger partial charge in [-0.05, 0) is 47.7 Å². The molecule has 0 saturated heterocycles. The molecule has 4 rings (SSSR count). The van der Waals surface area contributed by atoms with Gasteiger partial charge in [-0.1, -0.05) is 54.9 Å². The summed E-state index contributed by atoms with van der Waals surface area (Å²) in [5.41, 5.74) is 4.61. The zero-order valence-corrected chi connectivity index (χ0v) is 16.1. The van der Waals surface area contributed by atoms with Crippen LogP contribution in [0.25, 0.3) is 5.69 Å². The Morgan fingerprint density at radius 2 is 1.78 bits per heavy atom. The molecule has 5 nitrogen and oxygen atoms in total. The molecule has 1 aliphatic heterocycles. The molecule has 1 aromatic heterocycles. The highest BCUT2D eigenvalue weighted by Crippen LogP contribution is 2.26. The number of fused-ring (bicyclic) bond motifs is 1. The van der Waals surface area contributed by atoms with Gasteiger partial charge in [0.15, 0.2) is 5.69 Å². The summed E-state index contributed by atoms with van der Waals surface area (Å²) in [6.45, 7) is 5.41. The Hall–Kier alpha value is -2.66. The molecular weight excluding hydrogens is 360 g/mol. The molecule has 0 atom stereocenters. The maximum absolute atomic E-state index is 13.2. The van der Waals surface area contributed by atoms with E-state index >= 15 is 0 Å². The highest BCUT2D eigenvalue weighted by Gasteiger charge is 2.28. The number of carbonyl (C=O) groups excluding carboxylic acids is 1. The summed E-state index contributed by atoms with van der Waals surface area (Å²) >= 11 is 5.99. The minimum Gasteiger partial charge on any atom is -0.333 e. The predicted octanol–water partition coefficient (Wildman–Crippen LogP) is 4.24. The smallest absolute Gasteiger partial charge is 0.276 e. The first-order valence-electron chi connectivity index (χ1n) is 9.12. The second-order valence-electron chi connectivity index (χ2n) is 7.11. The summed E-state index contributed by atoms with van der Waals surface area (Å²) in [6.07, 6.45) is 0.865. The lowest BCUT2D eigenvalue weighted by molar-refractivity contribution is 0.0727. The average molecular weight is 381 g/mol. The first-order chi connectivity index (χ1) is 13.0. The van der Waals surface area contributed by atoms with Gasteiger partial charge in [0.25, 0.3) is 5.91 Å². The second-order valence-corrected chi connectivity index (χ2v) is 7.55. The molecule has 0 bridgehead atoms. The van der Waals surface area contributed by atoms with Gasteiger partial charge in [0.2, 0.25) is 0 Å². The van der Waals surface area contributed by atoms with Crippen LogP contribution in [0.2, 0.25) is 5.02 Å². The van der Waals surface area contributed by atoms with E-state index in [0.717, 1.165) is 17.8 Å². The lowest BCUT2D eigenvalue weighted by Gasteiger charge is -2.28. The minimum absolute atomic E-state index is 0.0617. The van der Waals surface area contributed by atoms with Crippen LogP contribution in [0.3, 0.4) is 0 Å². The Morgan fingerprint density at radius 3 is 2.48 bits per heavy atom. The summed E-state index contributed by atoms with van der Waals surface area (Å²) in [7, 11) is 0. The molecule has 6 heteroatoms. The predicted molar refractivity (Wildman–Crippen MR) is 105 cm³/mol. The Bertz CT molecular complexity index is 978. The Morgan fingerprint density at radius 1 is 1.07 bits per heavy atom. The third kappa shape index (κ3) is 3.35. The van der Waals surface area contributed by atoms with Gasteiger partial charge < -0.3 is 4.90 Å². The standard InChI is InChI=1S/C21H21ClN4O/c1-14(2)20-19(23-24-26(20)18-9-7-17(22)8-10-18)21(27)25-12-11-15-5-3-4-6-16(15)13-25/h3-10,14H,11-13H2,1-2H3. The summed E-state index contributed by atoms with van der Waals surface area (Å²) < 4.78 is 1.74. The topological polar surface area (TPSA) is 51.0 Å². The molecule has 1 aliphatic rings. The number of hydrogen-bond donors (Lipinski definition) is 0. The van der Waals surface area contributed by atoms with E-state index in [1.165, 1.54) is 11.1 Å². The lowest BCUT2D eigenvalue weighted by atomic mass is 9.99. The van der Waals surface area contributed by atoms with Crippen LogP contribution in [0.5, 0.6) is 0 Å². The van der Waals surface area contributed by atoms with Crippen LogP contribution in [-0.4, -0.2) is 32.3 Å². The second kappa shape index (κ2) is 7.16. The molecule has 138 valence electrons. The number of amides is 1. The van der Waals surface area contributed by atoms with Gasteiger partial charge >= 0.3 is 0 Å². The molecule has 0 N–H and O–H groups in total. The largest absolute Gasteiger partial charge is 0.333 e. The van der Waals surface area contributed by atoms with E-state index in [2.05, 4.69) is 22.4 Å². The summed E-state index contributed by atoms with van der Waals surface area (Å²) in [5, 5.41) is 9.19. The zero-order valence-electron chi connectivity index (χ0n) is 15.4. The van der Waals surface area contributed by atoms with Crippen LogP contribution in [-0.2, 0) is 13.0 Å². The average Bonchev–Trinajstić information content (AvgIpc) is 3.13. The highest BCUT2D eigenvalue weighted by molar-refractivity contribution is 6.30. The molecular formula is C21H21ClN4O. The maximum atomic E-state index is 13.2. The van der Waals surface area contributed by atoms with Gasteiger partial charge in [-0.15, -0.1) is 5.10 Å². The number of rotatable bonds is 3. The molecule has 0 aliphatic carbocycles.